The standard InChI is InChI=1S/C30H28N4O5/c1-5-33(6-2)26-16-7-20(17-27(26)34(35)36)19-32-30-25(18-31)28(21-8-12-23(37-3)13-9-21)29(39-30)22-10-14-24(38-4)15-11-22/h7-17,19H,5-6H2,1-4H3/b32-19+. The van der Waals surface area contributed by atoms with E-state index in [1.54, 1.807) is 50.6 Å². The minimum atomic E-state index is -0.401. The summed E-state index contributed by atoms with van der Waals surface area (Å²) in [6.07, 6.45) is 1.47. The zero-order chi connectivity index (χ0) is 27.9. The van der Waals surface area contributed by atoms with Crippen molar-refractivity contribution in [3.63, 3.8) is 0 Å². The molecule has 3 aromatic carbocycles. The monoisotopic (exact) mass is 524 g/mol. The van der Waals surface area contributed by atoms with E-state index < -0.39 is 4.92 Å². The van der Waals surface area contributed by atoms with Gasteiger partial charge in [0.1, 0.15) is 34.6 Å². The molecule has 4 rings (SSSR count). The molecule has 0 atom stereocenters. The van der Waals surface area contributed by atoms with Crippen molar-refractivity contribution < 1.29 is 18.8 Å². The molecule has 9 nitrogen and oxygen atoms in total. The third-order valence-electron chi connectivity index (χ3n) is 6.36. The van der Waals surface area contributed by atoms with Crippen LogP contribution in [0.3, 0.4) is 0 Å². The molecule has 4 aromatic rings. The van der Waals surface area contributed by atoms with Gasteiger partial charge in [-0.2, -0.15) is 5.26 Å². The highest BCUT2D eigenvalue weighted by atomic mass is 16.6. The summed E-state index contributed by atoms with van der Waals surface area (Å²) >= 11 is 0. The molecule has 0 saturated heterocycles. The average Bonchev–Trinajstić information content (AvgIpc) is 3.35. The van der Waals surface area contributed by atoms with Crippen LogP contribution < -0.4 is 14.4 Å². The maximum Gasteiger partial charge on any atom is 0.293 e. The number of nitriles is 1. The van der Waals surface area contributed by atoms with Crippen LogP contribution in [0.5, 0.6) is 11.5 Å². The maximum atomic E-state index is 11.8. The van der Waals surface area contributed by atoms with Crippen molar-refractivity contribution in [2.75, 3.05) is 32.2 Å². The SMILES string of the molecule is CCN(CC)c1ccc(/C=N/c2oc(-c3ccc(OC)cc3)c(-c3ccc(OC)cc3)c2C#N)cc1[N+](=O)[O-]. The van der Waals surface area contributed by atoms with Crippen LogP contribution in [-0.4, -0.2) is 38.4 Å². The Kier molecular flexibility index (Phi) is 8.27. The third-order valence-corrected chi connectivity index (χ3v) is 6.36. The van der Waals surface area contributed by atoms with Gasteiger partial charge in [0.05, 0.1) is 19.1 Å². The van der Waals surface area contributed by atoms with E-state index >= 15 is 0 Å². The molecule has 0 saturated carbocycles. The number of hydrogen-bond donors (Lipinski definition) is 0. The average molecular weight is 525 g/mol. The molecule has 9 heteroatoms. The number of benzene rings is 3. The molecule has 0 radical (unpaired) electrons. The minimum absolute atomic E-state index is 0.0135. The topological polar surface area (TPSA) is 114 Å². The summed E-state index contributed by atoms with van der Waals surface area (Å²) in [6.45, 7) is 5.18. The Hall–Kier alpha value is -5.10. The van der Waals surface area contributed by atoms with Gasteiger partial charge in [-0.15, -0.1) is 0 Å². The first-order valence-corrected chi connectivity index (χ1v) is 12.4. The smallest absolute Gasteiger partial charge is 0.293 e. The molecule has 0 aliphatic carbocycles. The number of ether oxygens (including phenoxy) is 2. The first kappa shape index (κ1) is 26.9. The number of hydrogen-bond acceptors (Lipinski definition) is 8. The zero-order valence-corrected chi connectivity index (χ0v) is 22.2. The van der Waals surface area contributed by atoms with Gasteiger partial charge in [0, 0.05) is 36.5 Å². The number of furan rings is 1. The lowest BCUT2D eigenvalue weighted by molar-refractivity contribution is -0.384. The molecule has 0 aliphatic heterocycles. The molecule has 0 aliphatic rings. The van der Waals surface area contributed by atoms with Gasteiger partial charge < -0.3 is 18.8 Å². The molecule has 1 aromatic heterocycles. The van der Waals surface area contributed by atoms with Crippen LogP contribution in [-0.2, 0) is 0 Å². The Morgan fingerprint density at radius 3 is 2.08 bits per heavy atom. The van der Waals surface area contributed by atoms with E-state index in [1.807, 2.05) is 43.0 Å². The van der Waals surface area contributed by atoms with Gasteiger partial charge in [0.15, 0.2) is 0 Å². The van der Waals surface area contributed by atoms with E-state index in [9.17, 15) is 15.4 Å². The number of methoxy groups -OCH3 is 2. The van der Waals surface area contributed by atoms with Gasteiger partial charge in [-0.3, -0.25) is 10.1 Å². The van der Waals surface area contributed by atoms with Crippen LogP contribution in [0.2, 0.25) is 0 Å². The van der Waals surface area contributed by atoms with Crippen molar-refractivity contribution >= 4 is 23.5 Å². The Bertz CT molecular complexity index is 1530. The largest absolute Gasteiger partial charge is 0.497 e. The lowest BCUT2D eigenvalue weighted by atomic mass is 9.98. The van der Waals surface area contributed by atoms with Crippen molar-refractivity contribution in [3.8, 4) is 40.0 Å². The van der Waals surface area contributed by atoms with E-state index in [4.69, 9.17) is 13.9 Å². The molecule has 1 heterocycles. The molecule has 0 spiro atoms. The lowest BCUT2D eigenvalue weighted by Gasteiger charge is -2.20. The number of nitrogens with zero attached hydrogens (tertiary/aromatic N) is 4. The Balaban J connectivity index is 1.83. The third kappa shape index (κ3) is 5.60. The summed E-state index contributed by atoms with van der Waals surface area (Å²) in [4.78, 5) is 17.8. The predicted octanol–water partition coefficient (Wildman–Crippen LogP) is 7.01. The number of aliphatic imine (C=N–C) groups is 1. The highest BCUT2D eigenvalue weighted by molar-refractivity contribution is 5.90. The quantitative estimate of drug-likeness (QED) is 0.125. The lowest BCUT2D eigenvalue weighted by Crippen LogP contribution is -2.22. The molecule has 198 valence electrons. The van der Waals surface area contributed by atoms with Crippen molar-refractivity contribution in [1.82, 2.24) is 0 Å². The van der Waals surface area contributed by atoms with Gasteiger partial charge in [-0.1, -0.05) is 18.2 Å². The molecule has 39 heavy (non-hydrogen) atoms. The van der Waals surface area contributed by atoms with E-state index in [1.165, 1.54) is 12.3 Å². The van der Waals surface area contributed by atoms with Gasteiger partial charge in [0.25, 0.3) is 5.69 Å². The van der Waals surface area contributed by atoms with Crippen LogP contribution in [0.25, 0.3) is 22.5 Å². The number of nitro groups is 1. The van der Waals surface area contributed by atoms with Gasteiger partial charge >= 0.3 is 0 Å². The van der Waals surface area contributed by atoms with Crippen LogP contribution in [0.1, 0.15) is 25.0 Å². The fourth-order valence-electron chi connectivity index (χ4n) is 4.32. The van der Waals surface area contributed by atoms with E-state index in [-0.39, 0.29) is 17.1 Å². The fourth-order valence-corrected chi connectivity index (χ4v) is 4.32. The molecule has 0 unspecified atom stereocenters. The van der Waals surface area contributed by atoms with Crippen LogP contribution >= 0.6 is 0 Å². The number of rotatable bonds is 10. The molecular weight excluding hydrogens is 496 g/mol. The number of nitro benzene ring substituents is 1. The van der Waals surface area contributed by atoms with Crippen molar-refractivity contribution in [1.29, 1.82) is 5.26 Å². The first-order valence-electron chi connectivity index (χ1n) is 12.4. The van der Waals surface area contributed by atoms with Crippen LogP contribution in [0.15, 0.2) is 76.1 Å². The Morgan fingerprint density at radius 1 is 0.974 bits per heavy atom. The Morgan fingerprint density at radius 2 is 1.56 bits per heavy atom. The Labute approximate surface area is 226 Å². The van der Waals surface area contributed by atoms with Crippen molar-refractivity contribution in [2.24, 2.45) is 4.99 Å². The summed E-state index contributed by atoms with van der Waals surface area (Å²) in [5, 5.41) is 21.9. The number of anilines is 1. The van der Waals surface area contributed by atoms with Gasteiger partial charge in [0.2, 0.25) is 5.88 Å². The van der Waals surface area contributed by atoms with Gasteiger partial charge in [-0.05, 0) is 67.4 Å². The van der Waals surface area contributed by atoms with Crippen LogP contribution in [0, 0.1) is 21.4 Å². The predicted molar refractivity (Wildman–Crippen MR) is 151 cm³/mol. The summed E-state index contributed by atoms with van der Waals surface area (Å²) in [7, 11) is 3.17. The summed E-state index contributed by atoms with van der Waals surface area (Å²) < 4.78 is 16.7. The summed E-state index contributed by atoms with van der Waals surface area (Å²) in [5.41, 5.74) is 3.36. The molecule has 0 amide bonds. The van der Waals surface area contributed by atoms with Crippen molar-refractivity contribution in [3.05, 3.63) is 88.0 Å². The van der Waals surface area contributed by atoms with Crippen LogP contribution in [0.4, 0.5) is 17.3 Å². The van der Waals surface area contributed by atoms with Gasteiger partial charge in [-0.25, -0.2) is 4.99 Å². The highest BCUT2D eigenvalue weighted by Crippen LogP contribution is 2.43. The zero-order valence-electron chi connectivity index (χ0n) is 22.2. The molecule has 0 fully saturated rings. The molecule has 0 bridgehead atoms. The second-order valence-electron chi connectivity index (χ2n) is 8.49. The summed E-state index contributed by atoms with van der Waals surface area (Å²) in [6, 6.07) is 21.8. The van der Waals surface area contributed by atoms with E-state index in [0.29, 0.717) is 47.2 Å². The normalized spacial score (nSPS) is 10.8. The minimum Gasteiger partial charge on any atom is -0.497 e. The first-order chi connectivity index (χ1) is 18.9. The fraction of sp³-hybridized carbons (Fsp3) is 0.200. The molecule has 0 N–H and O–H groups in total. The summed E-state index contributed by atoms with van der Waals surface area (Å²) in [5.74, 6) is 1.93. The molecular formula is C30H28N4O5. The maximum absolute atomic E-state index is 11.8. The van der Waals surface area contributed by atoms with Crippen molar-refractivity contribution in [2.45, 2.75) is 13.8 Å². The second kappa shape index (κ2) is 12.0. The second-order valence-corrected chi connectivity index (χ2v) is 8.49. The highest BCUT2D eigenvalue weighted by Gasteiger charge is 2.23. The van der Waals surface area contributed by atoms with E-state index in [0.717, 1.165) is 11.1 Å². The van der Waals surface area contributed by atoms with E-state index in [2.05, 4.69) is 11.1 Å².